The number of benzene rings is 2. The van der Waals surface area contributed by atoms with Gasteiger partial charge in [-0.15, -0.1) is 0 Å². The van der Waals surface area contributed by atoms with E-state index in [4.69, 9.17) is 5.73 Å². The van der Waals surface area contributed by atoms with Crippen LogP contribution in [0.15, 0.2) is 71.2 Å². The Labute approximate surface area is 137 Å². The van der Waals surface area contributed by atoms with E-state index in [0.29, 0.717) is 23.0 Å². The van der Waals surface area contributed by atoms with Crippen molar-refractivity contribution in [2.24, 2.45) is 10.7 Å². The van der Waals surface area contributed by atoms with Gasteiger partial charge >= 0.3 is 5.97 Å². The van der Waals surface area contributed by atoms with Crippen molar-refractivity contribution in [2.75, 3.05) is 5.12 Å². The Morgan fingerprint density at radius 3 is 2.46 bits per heavy atom. The second-order valence-electron chi connectivity index (χ2n) is 5.23. The molecule has 0 saturated heterocycles. The average molecular weight is 322 g/mol. The summed E-state index contributed by atoms with van der Waals surface area (Å²) in [6.45, 7) is 0. The normalized spacial score (nSPS) is 15.8. The molecular formula is C16H14N6O2. The number of nitrogens with two attached hydrogens (primary N) is 1. The largest absolute Gasteiger partial charge is 0.478 e. The third kappa shape index (κ3) is 2.09. The molecule has 0 aliphatic carbocycles. The zero-order valence-corrected chi connectivity index (χ0v) is 12.5. The highest BCUT2D eigenvalue weighted by Crippen LogP contribution is 2.27. The summed E-state index contributed by atoms with van der Waals surface area (Å²) < 4.78 is 0. The van der Waals surface area contributed by atoms with Gasteiger partial charge in [0, 0.05) is 5.56 Å². The Morgan fingerprint density at radius 1 is 1.00 bits per heavy atom. The molecule has 0 radical (unpaired) electrons. The summed E-state index contributed by atoms with van der Waals surface area (Å²) in [5, 5.41) is 12.7. The standard InChI is InChI=1S/C16H14N6O2/c17-13-15-18-14(11-8-4-5-9-12(11)16(23)24)20-22(15)21(19-13)10-6-2-1-3-7-10/h1-9,19H,17H2,(H,18,20)(H,23,24). The second kappa shape index (κ2) is 5.20. The van der Waals surface area contributed by atoms with E-state index in [2.05, 4.69) is 15.8 Å². The van der Waals surface area contributed by atoms with Crippen LogP contribution < -0.4 is 21.7 Å². The van der Waals surface area contributed by atoms with Gasteiger partial charge < -0.3 is 10.8 Å². The maximum Gasteiger partial charge on any atom is 0.336 e. The van der Waals surface area contributed by atoms with Crippen LogP contribution >= 0.6 is 0 Å². The first-order valence-corrected chi connectivity index (χ1v) is 7.25. The molecule has 5 N–H and O–H groups in total. The van der Waals surface area contributed by atoms with Crippen LogP contribution in [0, 0.1) is 0 Å². The van der Waals surface area contributed by atoms with Crippen LogP contribution in [0.5, 0.6) is 0 Å². The van der Waals surface area contributed by atoms with Gasteiger partial charge in [0.1, 0.15) is 0 Å². The molecule has 2 heterocycles. The first-order valence-electron chi connectivity index (χ1n) is 7.25. The molecule has 0 amide bonds. The molecule has 2 aromatic rings. The molecule has 2 aliphatic rings. The summed E-state index contributed by atoms with van der Waals surface area (Å²) >= 11 is 0. The smallest absolute Gasteiger partial charge is 0.336 e. The van der Waals surface area contributed by atoms with Crippen LogP contribution in [-0.4, -0.2) is 22.0 Å². The molecule has 8 heteroatoms. The van der Waals surface area contributed by atoms with Crippen LogP contribution in [0.3, 0.4) is 0 Å². The number of para-hydroxylation sites is 1. The van der Waals surface area contributed by atoms with Crippen molar-refractivity contribution in [3.8, 4) is 0 Å². The molecule has 120 valence electrons. The summed E-state index contributed by atoms with van der Waals surface area (Å²) in [4.78, 5) is 15.9. The Hall–Kier alpha value is -3.68. The monoisotopic (exact) mass is 322 g/mol. The fourth-order valence-electron chi connectivity index (χ4n) is 2.61. The molecule has 2 aliphatic heterocycles. The number of hydrogen-bond donors (Lipinski definition) is 4. The van der Waals surface area contributed by atoms with Gasteiger partial charge in [-0.2, -0.15) is 10.2 Å². The highest BCUT2D eigenvalue weighted by Gasteiger charge is 2.35. The molecular weight excluding hydrogens is 308 g/mol. The minimum absolute atomic E-state index is 0.170. The van der Waals surface area contributed by atoms with Gasteiger partial charge in [-0.3, -0.25) is 10.9 Å². The van der Waals surface area contributed by atoms with E-state index >= 15 is 0 Å². The zero-order valence-electron chi connectivity index (χ0n) is 12.5. The SMILES string of the molecule is NC1=C2N=C(c3ccccc3C(=O)O)NN2N(c2ccccc2)N1. The number of carbonyl (C=O) groups is 1. The Balaban J connectivity index is 1.71. The topological polar surface area (TPSA) is 106 Å². The molecule has 4 rings (SSSR count). The Kier molecular flexibility index (Phi) is 3.02. The fourth-order valence-corrected chi connectivity index (χ4v) is 2.61. The van der Waals surface area contributed by atoms with E-state index in [1.807, 2.05) is 30.3 Å². The molecule has 0 spiro atoms. The van der Waals surface area contributed by atoms with Gasteiger partial charge in [0.05, 0.1) is 11.3 Å². The third-order valence-electron chi connectivity index (χ3n) is 3.71. The lowest BCUT2D eigenvalue weighted by Gasteiger charge is -2.28. The Morgan fingerprint density at radius 2 is 1.71 bits per heavy atom. The van der Waals surface area contributed by atoms with Crippen molar-refractivity contribution < 1.29 is 9.90 Å². The van der Waals surface area contributed by atoms with E-state index < -0.39 is 5.97 Å². The molecule has 0 unspecified atom stereocenters. The van der Waals surface area contributed by atoms with Crippen molar-refractivity contribution in [3.63, 3.8) is 0 Å². The van der Waals surface area contributed by atoms with Crippen LogP contribution in [0.1, 0.15) is 15.9 Å². The number of rotatable bonds is 3. The number of carboxylic acids is 1. The number of aromatic carboxylic acids is 1. The second-order valence-corrected chi connectivity index (χ2v) is 5.23. The first-order chi connectivity index (χ1) is 11.6. The Bertz CT molecular complexity index is 877. The molecule has 8 nitrogen and oxygen atoms in total. The number of aliphatic imine (C=N–C) groups is 1. The highest BCUT2D eigenvalue weighted by molar-refractivity contribution is 6.08. The molecule has 0 atom stereocenters. The predicted molar refractivity (Wildman–Crippen MR) is 88.2 cm³/mol. The van der Waals surface area contributed by atoms with Crippen molar-refractivity contribution >= 4 is 17.5 Å². The third-order valence-corrected chi connectivity index (χ3v) is 3.71. The quantitative estimate of drug-likeness (QED) is 0.667. The number of hydrogen-bond acceptors (Lipinski definition) is 7. The molecule has 0 aromatic heterocycles. The summed E-state index contributed by atoms with van der Waals surface area (Å²) in [5.41, 5.74) is 13.6. The summed E-state index contributed by atoms with van der Waals surface area (Å²) in [5.74, 6) is 0.263. The van der Waals surface area contributed by atoms with Crippen LogP contribution in [0.4, 0.5) is 5.69 Å². The number of amidine groups is 1. The van der Waals surface area contributed by atoms with Crippen molar-refractivity contribution in [1.82, 2.24) is 16.0 Å². The van der Waals surface area contributed by atoms with Gasteiger partial charge in [-0.25, -0.2) is 9.79 Å². The molecule has 0 fully saturated rings. The molecule has 2 aromatic carbocycles. The number of carboxylic acid groups (broad SMARTS) is 1. The number of fused-ring (bicyclic) bond motifs is 1. The molecule has 0 bridgehead atoms. The van der Waals surface area contributed by atoms with Gasteiger partial charge in [-0.1, -0.05) is 36.4 Å². The van der Waals surface area contributed by atoms with E-state index in [1.165, 1.54) is 6.07 Å². The predicted octanol–water partition coefficient (Wildman–Crippen LogP) is 0.977. The summed E-state index contributed by atoms with van der Waals surface area (Å²) in [7, 11) is 0. The molecule has 0 saturated carbocycles. The van der Waals surface area contributed by atoms with Gasteiger partial charge in [0.15, 0.2) is 11.7 Å². The summed E-state index contributed by atoms with van der Waals surface area (Å²) in [6.07, 6.45) is 0. The van der Waals surface area contributed by atoms with E-state index in [1.54, 1.807) is 28.4 Å². The number of nitrogens with zero attached hydrogens (tertiary/aromatic N) is 3. The van der Waals surface area contributed by atoms with Gasteiger partial charge in [-0.05, 0) is 18.2 Å². The lowest BCUT2D eigenvalue weighted by Crippen LogP contribution is -2.50. The van der Waals surface area contributed by atoms with Gasteiger partial charge in [0.25, 0.3) is 0 Å². The lowest BCUT2D eigenvalue weighted by molar-refractivity contribution is 0.0696. The van der Waals surface area contributed by atoms with Crippen molar-refractivity contribution in [1.29, 1.82) is 0 Å². The van der Waals surface area contributed by atoms with E-state index in [9.17, 15) is 9.90 Å². The maximum absolute atomic E-state index is 11.4. The van der Waals surface area contributed by atoms with Crippen molar-refractivity contribution in [3.05, 3.63) is 77.4 Å². The number of hydrazine groups is 3. The number of anilines is 1. The van der Waals surface area contributed by atoms with E-state index in [-0.39, 0.29) is 5.56 Å². The van der Waals surface area contributed by atoms with Crippen molar-refractivity contribution in [2.45, 2.75) is 0 Å². The summed E-state index contributed by atoms with van der Waals surface area (Å²) in [6, 6.07) is 16.2. The van der Waals surface area contributed by atoms with Crippen LogP contribution in [0.2, 0.25) is 0 Å². The maximum atomic E-state index is 11.4. The lowest BCUT2D eigenvalue weighted by atomic mass is 10.1. The first kappa shape index (κ1) is 13.9. The minimum atomic E-state index is -1.01. The average Bonchev–Trinajstić information content (AvgIpc) is 3.16. The van der Waals surface area contributed by atoms with Crippen LogP contribution in [0.25, 0.3) is 0 Å². The molecule has 24 heavy (non-hydrogen) atoms. The van der Waals surface area contributed by atoms with E-state index in [0.717, 1.165) is 5.69 Å². The highest BCUT2D eigenvalue weighted by atomic mass is 16.4. The zero-order chi connectivity index (χ0) is 16.7. The van der Waals surface area contributed by atoms with Crippen LogP contribution in [-0.2, 0) is 0 Å². The van der Waals surface area contributed by atoms with Gasteiger partial charge in [0.2, 0.25) is 5.82 Å². The number of nitrogens with one attached hydrogen (secondary N) is 2. The fraction of sp³-hybridized carbons (Fsp3) is 0. The minimum Gasteiger partial charge on any atom is -0.478 e.